The minimum absolute atomic E-state index is 0.00725. The third kappa shape index (κ3) is 4.06. The number of amidine groups is 1. The van der Waals surface area contributed by atoms with E-state index in [-0.39, 0.29) is 18.7 Å². The summed E-state index contributed by atoms with van der Waals surface area (Å²) in [5.74, 6) is 1.70. The molecule has 1 saturated heterocycles. The highest BCUT2D eigenvalue weighted by atomic mass is 35.5. The van der Waals surface area contributed by atoms with Crippen LogP contribution in [0, 0.1) is 5.92 Å². The quantitative estimate of drug-likeness (QED) is 0.514. The van der Waals surface area contributed by atoms with Crippen LogP contribution in [0.2, 0.25) is 5.02 Å². The molecule has 5 rings (SSSR count). The number of carbonyl (C=O) groups is 1. The first-order valence-corrected chi connectivity index (χ1v) is 11.8. The molecule has 1 saturated carbocycles. The summed E-state index contributed by atoms with van der Waals surface area (Å²) in [6.07, 6.45) is 6.32. The van der Waals surface area contributed by atoms with E-state index in [4.69, 9.17) is 26.1 Å². The van der Waals surface area contributed by atoms with Crippen molar-refractivity contribution < 1.29 is 14.3 Å². The number of aliphatic imine (C=N–C) groups is 1. The van der Waals surface area contributed by atoms with Crippen LogP contribution in [0.15, 0.2) is 52.4 Å². The molecule has 1 aliphatic carbocycles. The Hall–Kier alpha value is -2.44. The Labute approximate surface area is 191 Å². The lowest BCUT2D eigenvalue weighted by atomic mass is 9.85. The van der Waals surface area contributed by atoms with Crippen molar-refractivity contribution >= 4 is 46.2 Å². The van der Waals surface area contributed by atoms with Crippen molar-refractivity contribution in [2.24, 2.45) is 10.9 Å². The largest absolute Gasteiger partial charge is 0.454 e. The summed E-state index contributed by atoms with van der Waals surface area (Å²) >= 11 is 7.87. The fraction of sp³-hybridized carbons (Fsp3) is 0.333. The maximum Gasteiger partial charge on any atom is 0.267 e. The van der Waals surface area contributed by atoms with Gasteiger partial charge in [-0.05, 0) is 60.4 Å². The minimum Gasteiger partial charge on any atom is -0.454 e. The second-order valence-corrected chi connectivity index (χ2v) is 9.49. The number of thioether (sulfide) groups is 1. The van der Waals surface area contributed by atoms with Crippen molar-refractivity contribution in [2.75, 3.05) is 6.79 Å². The van der Waals surface area contributed by atoms with Crippen molar-refractivity contribution in [2.45, 2.75) is 38.6 Å². The average Bonchev–Trinajstić information content (AvgIpc) is 3.34. The van der Waals surface area contributed by atoms with Crippen LogP contribution >= 0.6 is 23.4 Å². The van der Waals surface area contributed by atoms with E-state index in [2.05, 4.69) is 6.92 Å². The van der Waals surface area contributed by atoms with Gasteiger partial charge in [-0.3, -0.25) is 9.69 Å². The minimum atomic E-state index is -0.00725. The van der Waals surface area contributed by atoms with Crippen molar-refractivity contribution in [3.63, 3.8) is 0 Å². The highest BCUT2D eigenvalue weighted by molar-refractivity contribution is 8.18. The van der Waals surface area contributed by atoms with E-state index in [1.165, 1.54) is 18.2 Å². The Morgan fingerprint density at radius 2 is 1.87 bits per heavy atom. The lowest BCUT2D eigenvalue weighted by molar-refractivity contribution is -0.124. The van der Waals surface area contributed by atoms with Crippen molar-refractivity contribution in [3.05, 3.63) is 58.0 Å². The fourth-order valence-electron chi connectivity index (χ4n) is 4.34. The van der Waals surface area contributed by atoms with Gasteiger partial charge in [0.2, 0.25) is 6.79 Å². The van der Waals surface area contributed by atoms with Crippen LogP contribution in [0.3, 0.4) is 0 Å². The fourth-order valence-corrected chi connectivity index (χ4v) is 5.58. The predicted molar refractivity (Wildman–Crippen MR) is 125 cm³/mol. The smallest absolute Gasteiger partial charge is 0.267 e. The number of carbonyl (C=O) groups excluding carboxylic acids is 1. The molecular formula is C24H23ClN2O3S. The summed E-state index contributed by atoms with van der Waals surface area (Å²) in [7, 11) is 0. The number of fused-ring (bicyclic) bond motifs is 1. The van der Waals surface area contributed by atoms with Crippen LogP contribution in [0.1, 0.15) is 38.2 Å². The predicted octanol–water partition coefficient (Wildman–Crippen LogP) is 6.25. The first kappa shape index (κ1) is 20.5. The van der Waals surface area contributed by atoms with Gasteiger partial charge in [-0.1, -0.05) is 49.6 Å². The number of amides is 1. The van der Waals surface area contributed by atoms with Gasteiger partial charge in [0.15, 0.2) is 16.7 Å². The molecule has 5 nitrogen and oxygen atoms in total. The summed E-state index contributed by atoms with van der Waals surface area (Å²) in [6.45, 7) is 2.42. The standard InChI is InChI=1S/C24H23ClN2O3S/c1-15-7-5-6-10-19(15)27-23(28)22(31-24(27)26-17-8-3-2-4-9-17)12-16-11-20-21(13-18(16)25)30-14-29-20/h2-4,8-9,11-13,15,19H,5-7,10,14H2,1H3/b22-12-,26-24?/t15-,19-/m1/s1. The van der Waals surface area contributed by atoms with Crippen molar-refractivity contribution in [3.8, 4) is 11.5 Å². The van der Waals surface area contributed by atoms with Crippen molar-refractivity contribution in [1.29, 1.82) is 0 Å². The van der Waals surface area contributed by atoms with E-state index >= 15 is 0 Å². The Bertz CT molecular complexity index is 1070. The second-order valence-electron chi connectivity index (χ2n) is 8.07. The van der Waals surface area contributed by atoms with Crippen LogP contribution in [0.5, 0.6) is 11.5 Å². The van der Waals surface area contributed by atoms with Crippen molar-refractivity contribution in [1.82, 2.24) is 4.90 Å². The van der Waals surface area contributed by atoms with Gasteiger partial charge >= 0.3 is 0 Å². The summed E-state index contributed by atoms with van der Waals surface area (Å²) in [5, 5.41) is 1.26. The van der Waals surface area contributed by atoms with E-state index in [1.807, 2.05) is 47.4 Å². The van der Waals surface area contributed by atoms with Gasteiger partial charge in [0.05, 0.1) is 15.6 Å². The molecule has 2 atom stereocenters. The molecule has 0 unspecified atom stereocenters. The zero-order valence-corrected chi connectivity index (χ0v) is 18.8. The highest BCUT2D eigenvalue weighted by Gasteiger charge is 2.41. The first-order valence-electron chi connectivity index (χ1n) is 10.6. The topological polar surface area (TPSA) is 51.1 Å². The Morgan fingerprint density at radius 1 is 1.13 bits per heavy atom. The zero-order chi connectivity index (χ0) is 21.4. The third-order valence-corrected chi connectivity index (χ3v) is 7.30. The van der Waals surface area contributed by atoms with Gasteiger partial charge in [-0.2, -0.15) is 0 Å². The van der Waals surface area contributed by atoms with Gasteiger partial charge in [-0.25, -0.2) is 4.99 Å². The van der Waals surface area contributed by atoms with Gasteiger partial charge in [0.1, 0.15) is 0 Å². The number of hydrogen-bond acceptors (Lipinski definition) is 5. The number of rotatable bonds is 3. The maximum atomic E-state index is 13.6. The molecule has 0 bridgehead atoms. The van der Waals surface area contributed by atoms with Gasteiger partial charge in [0, 0.05) is 12.1 Å². The van der Waals surface area contributed by atoms with E-state index in [0.29, 0.717) is 27.3 Å². The van der Waals surface area contributed by atoms with Gasteiger partial charge < -0.3 is 9.47 Å². The van der Waals surface area contributed by atoms with Gasteiger partial charge in [-0.15, -0.1) is 0 Å². The van der Waals surface area contributed by atoms with Crippen LogP contribution in [-0.2, 0) is 4.79 Å². The Balaban J connectivity index is 1.53. The number of benzene rings is 2. The normalized spacial score (nSPS) is 25.6. The number of hydrogen-bond donors (Lipinski definition) is 0. The first-order chi connectivity index (χ1) is 15.1. The lowest BCUT2D eigenvalue weighted by Gasteiger charge is -2.35. The van der Waals surface area contributed by atoms with E-state index in [9.17, 15) is 4.79 Å². The molecule has 1 amide bonds. The summed E-state index contributed by atoms with van der Waals surface area (Å²) in [4.78, 5) is 20.9. The molecule has 160 valence electrons. The average molecular weight is 455 g/mol. The molecule has 3 aliphatic rings. The Kier molecular flexibility index (Phi) is 5.67. The SMILES string of the molecule is C[C@@H]1CCCC[C@H]1N1C(=O)/C(=C/c2cc3c(cc2Cl)OCO3)SC1=Nc1ccccc1. The molecule has 0 spiro atoms. The second kappa shape index (κ2) is 8.60. The molecule has 7 heteroatoms. The highest BCUT2D eigenvalue weighted by Crippen LogP contribution is 2.42. The number of halogens is 1. The summed E-state index contributed by atoms with van der Waals surface area (Å²) in [6, 6.07) is 13.5. The third-order valence-electron chi connectivity index (χ3n) is 5.99. The molecule has 2 heterocycles. The molecule has 2 aromatic rings. The molecule has 0 aromatic heterocycles. The molecule has 2 fully saturated rings. The molecular weight excluding hydrogens is 432 g/mol. The molecule has 2 aromatic carbocycles. The zero-order valence-electron chi connectivity index (χ0n) is 17.2. The number of para-hydroxylation sites is 1. The maximum absolute atomic E-state index is 13.6. The van der Waals surface area contributed by atoms with Gasteiger partial charge in [0.25, 0.3) is 5.91 Å². The van der Waals surface area contributed by atoms with Crippen LogP contribution in [0.25, 0.3) is 6.08 Å². The molecule has 2 aliphatic heterocycles. The van der Waals surface area contributed by atoms with E-state index in [0.717, 1.165) is 35.7 Å². The van der Waals surface area contributed by atoms with Crippen LogP contribution in [0.4, 0.5) is 5.69 Å². The van der Waals surface area contributed by atoms with Crippen LogP contribution < -0.4 is 9.47 Å². The monoisotopic (exact) mass is 454 g/mol. The number of nitrogens with zero attached hydrogens (tertiary/aromatic N) is 2. The molecule has 0 radical (unpaired) electrons. The number of ether oxygens (including phenoxy) is 2. The van der Waals surface area contributed by atoms with E-state index in [1.54, 1.807) is 6.07 Å². The van der Waals surface area contributed by atoms with E-state index < -0.39 is 0 Å². The van der Waals surface area contributed by atoms with Crippen LogP contribution in [-0.4, -0.2) is 28.8 Å². The molecule has 31 heavy (non-hydrogen) atoms. The Morgan fingerprint density at radius 3 is 2.65 bits per heavy atom. The molecule has 0 N–H and O–H groups in total. The summed E-state index contributed by atoms with van der Waals surface area (Å²) < 4.78 is 10.9. The summed E-state index contributed by atoms with van der Waals surface area (Å²) in [5.41, 5.74) is 1.58. The lowest BCUT2D eigenvalue weighted by Crippen LogP contribution is -2.44.